The number of morpholine rings is 1. The van der Waals surface area contributed by atoms with Crippen LogP contribution in [0.2, 0.25) is 0 Å². The van der Waals surface area contributed by atoms with Crippen molar-refractivity contribution in [3.8, 4) is 12.3 Å². The number of ether oxygens (including phenoxy) is 1. The normalized spacial score (nSPS) is 18.8. The van der Waals surface area contributed by atoms with Gasteiger partial charge in [-0.25, -0.2) is 4.79 Å². The Bertz CT molecular complexity index is 595. The molecule has 3 nitrogen and oxygen atoms in total. The minimum absolute atomic E-state index is 0.0446. The van der Waals surface area contributed by atoms with E-state index < -0.39 is 17.8 Å². The molecule has 0 saturated carbocycles. The highest BCUT2D eigenvalue weighted by molar-refractivity contribution is 5.59. The third-order valence-corrected chi connectivity index (χ3v) is 3.27. The number of terminal acetylenes is 1. The maximum Gasteiger partial charge on any atom is 0.416 e. The molecular weight excluding hydrogens is 283 g/mol. The molecule has 2 rings (SSSR count). The number of alkyl halides is 3. The van der Waals surface area contributed by atoms with Gasteiger partial charge < -0.3 is 9.64 Å². The molecule has 1 fully saturated rings. The van der Waals surface area contributed by atoms with Crippen molar-refractivity contribution in [3.05, 3.63) is 41.1 Å². The van der Waals surface area contributed by atoms with Crippen LogP contribution in [0.5, 0.6) is 0 Å². The zero-order chi connectivity index (χ0) is 15.5. The Labute approximate surface area is 120 Å². The Balaban J connectivity index is 2.30. The van der Waals surface area contributed by atoms with Crippen LogP contribution in [0.1, 0.15) is 17.2 Å². The molecule has 0 amide bonds. The number of benzene rings is 1. The summed E-state index contributed by atoms with van der Waals surface area (Å²) in [6, 6.07) is 4.35. The molecule has 0 aliphatic carbocycles. The van der Waals surface area contributed by atoms with Gasteiger partial charge in [-0.05, 0) is 23.6 Å². The van der Waals surface area contributed by atoms with Gasteiger partial charge in [0.2, 0.25) is 0 Å². The first-order valence-electron chi connectivity index (χ1n) is 6.20. The van der Waals surface area contributed by atoms with Crippen LogP contribution < -0.4 is 0 Å². The zero-order valence-corrected chi connectivity index (χ0v) is 11.0. The Morgan fingerprint density at radius 1 is 1.33 bits per heavy atom. The minimum atomic E-state index is -4.38. The van der Waals surface area contributed by atoms with E-state index in [1.54, 1.807) is 10.8 Å². The lowest BCUT2D eigenvalue weighted by Crippen LogP contribution is -2.38. The van der Waals surface area contributed by atoms with Crippen LogP contribution in [0, 0.1) is 12.3 Å². The second-order valence-electron chi connectivity index (χ2n) is 4.50. The van der Waals surface area contributed by atoms with E-state index in [1.807, 2.05) is 0 Å². The van der Waals surface area contributed by atoms with E-state index in [1.165, 1.54) is 12.1 Å². The lowest BCUT2D eigenvalue weighted by Gasteiger charge is -2.36. The van der Waals surface area contributed by atoms with Gasteiger partial charge >= 0.3 is 6.18 Å². The number of halogens is 3. The molecule has 1 heterocycles. The van der Waals surface area contributed by atoms with Crippen LogP contribution in [-0.2, 0) is 15.7 Å². The molecular formula is C15H12F3NO2. The van der Waals surface area contributed by atoms with Gasteiger partial charge in [0.1, 0.15) is 0 Å². The van der Waals surface area contributed by atoms with E-state index in [0.29, 0.717) is 18.7 Å². The van der Waals surface area contributed by atoms with Crippen LogP contribution >= 0.6 is 0 Å². The predicted octanol–water partition coefficient (Wildman–Crippen LogP) is 2.43. The molecule has 0 N–H and O–H groups in total. The molecule has 1 unspecified atom stereocenters. The van der Waals surface area contributed by atoms with Crippen molar-refractivity contribution in [3.63, 3.8) is 0 Å². The van der Waals surface area contributed by atoms with Gasteiger partial charge in [0.25, 0.3) is 0 Å². The summed E-state index contributed by atoms with van der Waals surface area (Å²) < 4.78 is 43.0. The predicted molar refractivity (Wildman–Crippen MR) is 69.7 cm³/mol. The summed E-state index contributed by atoms with van der Waals surface area (Å²) in [6.07, 6.45) is 0.874. The number of hydrogen-bond acceptors (Lipinski definition) is 3. The van der Waals surface area contributed by atoms with E-state index in [4.69, 9.17) is 11.2 Å². The summed E-state index contributed by atoms with van der Waals surface area (Å²) in [5, 5.41) is 0. The topological polar surface area (TPSA) is 29.5 Å². The first-order valence-corrected chi connectivity index (χ1v) is 6.20. The molecule has 1 aromatic rings. The highest BCUT2D eigenvalue weighted by atomic mass is 19.4. The Kier molecular flexibility index (Phi) is 4.37. The fraction of sp³-hybridized carbons (Fsp3) is 0.333. The van der Waals surface area contributed by atoms with Gasteiger partial charge in [-0.1, -0.05) is 12.1 Å². The lowest BCUT2D eigenvalue weighted by molar-refractivity contribution is -0.137. The highest BCUT2D eigenvalue weighted by Crippen LogP contribution is 2.32. The van der Waals surface area contributed by atoms with Crippen LogP contribution in [0.3, 0.4) is 0 Å². The molecule has 0 aromatic heterocycles. The fourth-order valence-electron chi connectivity index (χ4n) is 2.21. The van der Waals surface area contributed by atoms with Gasteiger partial charge in [-0.2, -0.15) is 13.2 Å². The third-order valence-electron chi connectivity index (χ3n) is 3.27. The van der Waals surface area contributed by atoms with Crippen molar-refractivity contribution in [1.29, 1.82) is 0 Å². The van der Waals surface area contributed by atoms with Gasteiger partial charge in [0.05, 0.1) is 24.8 Å². The number of hydrogen-bond donors (Lipinski definition) is 0. The van der Waals surface area contributed by atoms with Crippen molar-refractivity contribution in [2.75, 3.05) is 19.8 Å². The molecule has 0 bridgehead atoms. The monoisotopic (exact) mass is 295 g/mol. The van der Waals surface area contributed by atoms with E-state index in [0.717, 1.165) is 12.1 Å². The maximum absolute atomic E-state index is 12.6. The molecule has 1 aliphatic heterocycles. The molecule has 1 atom stereocenters. The summed E-state index contributed by atoms with van der Waals surface area (Å²) >= 11 is 0. The van der Waals surface area contributed by atoms with Crippen molar-refractivity contribution >= 4 is 5.94 Å². The Hall–Kier alpha value is -2.22. The number of nitrogens with zero attached hydrogens (tertiary/aromatic N) is 1. The minimum Gasteiger partial charge on any atom is -0.377 e. The molecule has 1 saturated heterocycles. The molecule has 6 heteroatoms. The molecule has 1 aromatic carbocycles. The second kappa shape index (κ2) is 6.04. The molecule has 1 aliphatic rings. The summed E-state index contributed by atoms with van der Waals surface area (Å²) in [5.41, 5.74) is -0.0773. The van der Waals surface area contributed by atoms with Gasteiger partial charge in [-0.3, -0.25) is 0 Å². The lowest BCUT2D eigenvalue weighted by atomic mass is 10.0. The maximum atomic E-state index is 12.6. The molecule has 110 valence electrons. The van der Waals surface area contributed by atoms with E-state index in [2.05, 4.69) is 5.92 Å². The van der Waals surface area contributed by atoms with Crippen molar-refractivity contribution in [2.45, 2.75) is 12.2 Å². The highest BCUT2D eigenvalue weighted by Gasteiger charge is 2.31. The Morgan fingerprint density at radius 3 is 2.52 bits per heavy atom. The standard InChI is InChI=1S/C15H12F3NO2/c1-2-13(9-20)19-7-8-21-10-14(19)11-3-5-12(6-4-11)15(16,17)18/h1,3-6,14H,7-8,10H2. The van der Waals surface area contributed by atoms with Gasteiger partial charge in [0, 0.05) is 6.54 Å². The van der Waals surface area contributed by atoms with Crippen LogP contribution in [0.25, 0.3) is 0 Å². The van der Waals surface area contributed by atoms with Crippen molar-refractivity contribution < 1.29 is 22.7 Å². The SMILES string of the molecule is C#CC(=C=O)N1CCOCC1c1ccc(C(F)(F)F)cc1. The van der Waals surface area contributed by atoms with Crippen LogP contribution in [-0.4, -0.2) is 30.6 Å². The van der Waals surface area contributed by atoms with E-state index in [9.17, 15) is 18.0 Å². The zero-order valence-electron chi connectivity index (χ0n) is 11.0. The molecule has 0 spiro atoms. The summed E-state index contributed by atoms with van der Waals surface area (Å²) in [4.78, 5) is 12.5. The summed E-state index contributed by atoms with van der Waals surface area (Å²) in [5.74, 6) is 3.92. The fourth-order valence-corrected chi connectivity index (χ4v) is 2.21. The average molecular weight is 295 g/mol. The summed E-state index contributed by atoms with van der Waals surface area (Å²) in [6.45, 7) is 1.03. The third kappa shape index (κ3) is 3.27. The van der Waals surface area contributed by atoms with Crippen LogP contribution in [0.15, 0.2) is 30.0 Å². The van der Waals surface area contributed by atoms with Crippen molar-refractivity contribution in [1.82, 2.24) is 4.90 Å². The second-order valence-corrected chi connectivity index (χ2v) is 4.50. The molecule has 21 heavy (non-hydrogen) atoms. The molecule has 0 radical (unpaired) electrons. The van der Waals surface area contributed by atoms with Gasteiger partial charge in [0.15, 0.2) is 11.6 Å². The number of allylic oxidation sites excluding steroid dienone is 1. The van der Waals surface area contributed by atoms with Gasteiger partial charge in [-0.15, -0.1) is 6.42 Å². The van der Waals surface area contributed by atoms with E-state index >= 15 is 0 Å². The quantitative estimate of drug-likeness (QED) is 0.620. The average Bonchev–Trinajstić information content (AvgIpc) is 2.48. The largest absolute Gasteiger partial charge is 0.416 e. The Morgan fingerprint density at radius 2 is 2.00 bits per heavy atom. The summed E-state index contributed by atoms with van der Waals surface area (Å²) in [7, 11) is 0. The first kappa shape index (κ1) is 15.2. The number of rotatable bonds is 2. The van der Waals surface area contributed by atoms with E-state index in [-0.39, 0.29) is 12.3 Å². The van der Waals surface area contributed by atoms with Crippen LogP contribution in [0.4, 0.5) is 13.2 Å². The smallest absolute Gasteiger partial charge is 0.377 e. The number of carbonyl (C=O) groups excluding carboxylic acids is 1. The van der Waals surface area contributed by atoms with Crippen molar-refractivity contribution in [2.24, 2.45) is 0 Å². The first-order chi connectivity index (χ1) is 9.97.